The highest BCUT2D eigenvalue weighted by molar-refractivity contribution is 7.17. The molecule has 0 bridgehead atoms. The van der Waals surface area contributed by atoms with Gasteiger partial charge in [0.2, 0.25) is 0 Å². The highest BCUT2D eigenvalue weighted by Crippen LogP contribution is 2.25. The molecule has 2 aromatic rings. The molecular weight excluding hydrogens is 240 g/mol. The topological polar surface area (TPSA) is 24.1 Å². The Hall–Kier alpha value is -0.900. The van der Waals surface area contributed by atoms with Crippen LogP contribution in [0, 0.1) is 5.92 Å². The van der Waals surface area contributed by atoms with Crippen molar-refractivity contribution in [1.82, 2.24) is 10.6 Å². The van der Waals surface area contributed by atoms with Crippen LogP contribution in [0.1, 0.15) is 18.4 Å². The summed E-state index contributed by atoms with van der Waals surface area (Å²) in [5, 5.41) is 10.8. The van der Waals surface area contributed by atoms with E-state index in [1.54, 1.807) is 0 Å². The van der Waals surface area contributed by atoms with Crippen molar-refractivity contribution in [2.75, 3.05) is 19.6 Å². The molecule has 2 nitrogen and oxygen atoms in total. The Morgan fingerprint density at radius 1 is 1.22 bits per heavy atom. The molecule has 0 aliphatic carbocycles. The predicted octanol–water partition coefficient (Wildman–Crippen LogP) is 2.99. The second-order valence-electron chi connectivity index (χ2n) is 5.08. The van der Waals surface area contributed by atoms with Crippen molar-refractivity contribution in [1.29, 1.82) is 0 Å². The monoisotopic (exact) mass is 260 g/mol. The molecule has 2 heterocycles. The number of benzene rings is 1. The number of rotatable bonds is 4. The lowest BCUT2D eigenvalue weighted by Crippen LogP contribution is -2.33. The molecule has 3 rings (SSSR count). The lowest BCUT2D eigenvalue weighted by molar-refractivity contribution is 0.356. The molecule has 1 fully saturated rings. The zero-order chi connectivity index (χ0) is 12.2. The van der Waals surface area contributed by atoms with Crippen LogP contribution in [0.3, 0.4) is 0 Å². The minimum atomic E-state index is 0.858. The van der Waals surface area contributed by atoms with Crippen LogP contribution in [0.5, 0.6) is 0 Å². The van der Waals surface area contributed by atoms with E-state index in [0.717, 1.165) is 19.0 Å². The Morgan fingerprint density at radius 2 is 2.06 bits per heavy atom. The molecule has 1 saturated heterocycles. The number of thiophene rings is 1. The molecule has 0 unspecified atom stereocenters. The van der Waals surface area contributed by atoms with E-state index < -0.39 is 0 Å². The minimum Gasteiger partial charge on any atom is -0.317 e. The molecule has 0 saturated carbocycles. The third-order valence-electron chi connectivity index (χ3n) is 3.77. The van der Waals surface area contributed by atoms with Crippen LogP contribution >= 0.6 is 11.3 Å². The van der Waals surface area contributed by atoms with Gasteiger partial charge in [0, 0.05) is 11.2 Å². The van der Waals surface area contributed by atoms with Gasteiger partial charge in [-0.15, -0.1) is 11.3 Å². The van der Waals surface area contributed by atoms with Crippen molar-refractivity contribution < 1.29 is 0 Å². The smallest absolute Gasteiger partial charge is 0.0346 e. The van der Waals surface area contributed by atoms with E-state index in [0.29, 0.717) is 0 Å². The maximum atomic E-state index is 3.63. The van der Waals surface area contributed by atoms with E-state index in [1.807, 2.05) is 11.3 Å². The summed E-state index contributed by atoms with van der Waals surface area (Å²) in [7, 11) is 0. The third-order valence-corrected chi connectivity index (χ3v) is 4.78. The van der Waals surface area contributed by atoms with Gasteiger partial charge in [0.25, 0.3) is 0 Å². The lowest BCUT2D eigenvalue weighted by atomic mass is 9.98. The molecule has 2 N–H and O–H groups in total. The fraction of sp³-hybridized carbons (Fsp3) is 0.467. The first-order chi connectivity index (χ1) is 8.93. The van der Waals surface area contributed by atoms with Crippen LogP contribution in [0.15, 0.2) is 29.6 Å². The molecule has 1 aromatic carbocycles. The van der Waals surface area contributed by atoms with Crippen molar-refractivity contribution in [3.05, 3.63) is 35.2 Å². The molecule has 0 spiro atoms. The first-order valence-electron chi connectivity index (χ1n) is 6.80. The summed E-state index contributed by atoms with van der Waals surface area (Å²) in [5.74, 6) is 0.858. The number of fused-ring (bicyclic) bond motifs is 1. The van der Waals surface area contributed by atoms with Gasteiger partial charge in [-0.3, -0.25) is 0 Å². The fourth-order valence-corrected chi connectivity index (χ4v) is 3.63. The van der Waals surface area contributed by atoms with Crippen LogP contribution in [-0.4, -0.2) is 19.6 Å². The zero-order valence-corrected chi connectivity index (χ0v) is 11.4. The number of piperidine rings is 1. The van der Waals surface area contributed by atoms with Gasteiger partial charge < -0.3 is 10.6 Å². The van der Waals surface area contributed by atoms with Gasteiger partial charge in [-0.1, -0.05) is 18.2 Å². The SMILES string of the molecule is c1ccc2c(CNCC3CCNCC3)csc2c1. The second-order valence-corrected chi connectivity index (χ2v) is 5.99. The molecular formula is C15H20N2S. The average molecular weight is 260 g/mol. The molecule has 96 valence electrons. The van der Waals surface area contributed by atoms with E-state index in [4.69, 9.17) is 0 Å². The first kappa shape index (κ1) is 12.2. The molecule has 1 aromatic heterocycles. The van der Waals surface area contributed by atoms with Gasteiger partial charge in [-0.2, -0.15) is 0 Å². The van der Waals surface area contributed by atoms with Gasteiger partial charge in [0.15, 0.2) is 0 Å². The quantitative estimate of drug-likeness (QED) is 0.883. The third kappa shape index (κ3) is 2.74. The van der Waals surface area contributed by atoms with Crippen molar-refractivity contribution in [2.45, 2.75) is 19.4 Å². The van der Waals surface area contributed by atoms with Crippen molar-refractivity contribution in [3.63, 3.8) is 0 Å². The summed E-state index contributed by atoms with van der Waals surface area (Å²) in [5.41, 5.74) is 1.45. The summed E-state index contributed by atoms with van der Waals surface area (Å²) in [6, 6.07) is 8.68. The molecule has 3 heteroatoms. The Balaban J connectivity index is 1.56. The summed E-state index contributed by atoms with van der Waals surface area (Å²) in [6.45, 7) is 4.54. The van der Waals surface area contributed by atoms with Gasteiger partial charge in [-0.05, 0) is 60.8 Å². The zero-order valence-electron chi connectivity index (χ0n) is 10.6. The van der Waals surface area contributed by atoms with Crippen LogP contribution in [0.25, 0.3) is 10.1 Å². The number of hydrogen-bond acceptors (Lipinski definition) is 3. The maximum absolute atomic E-state index is 3.63. The van der Waals surface area contributed by atoms with Gasteiger partial charge in [-0.25, -0.2) is 0 Å². The highest BCUT2D eigenvalue weighted by Gasteiger charge is 2.12. The van der Waals surface area contributed by atoms with Crippen LogP contribution in [-0.2, 0) is 6.54 Å². The largest absolute Gasteiger partial charge is 0.317 e. The average Bonchev–Trinajstić information content (AvgIpc) is 2.84. The Kier molecular flexibility index (Phi) is 3.93. The van der Waals surface area contributed by atoms with Crippen molar-refractivity contribution >= 4 is 21.4 Å². The number of nitrogens with one attached hydrogen (secondary N) is 2. The van der Waals surface area contributed by atoms with Gasteiger partial charge in [0.05, 0.1) is 0 Å². The summed E-state index contributed by atoms with van der Waals surface area (Å²) < 4.78 is 1.40. The van der Waals surface area contributed by atoms with Crippen LogP contribution in [0.4, 0.5) is 0 Å². The Morgan fingerprint density at radius 3 is 2.94 bits per heavy atom. The van der Waals surface area contributed by atoms with E-state index >= 15 is 0 Å². The standard InChI is InChI=1S/C15H20N2S/c1-2-4-15-14(3-1)13(11-18-15)10-17-9-12-5-7-16-8-6-12/h1-4,11-12,16-17H,5-10H2. The van der Waals surface area contributed by atoms with E-state index in [1.165, 1.54) is 41.6 Å². The lowest BCUT2D eigenvalue weighted by Gasteiger charge is -2.22. The van der Waals surface area contributed by atoms with Crippen molar-refractivity contribution in [3.8, 4) is 0 Å². The number of hydrogen-bond donors (Lipinski definition) is 2. The van der Waals surface area contributed by atoms with Crippen LogP contribution in [0.2, 0.25) is 0 Å². The predicted molar refractivity (Wildman–Crippen MR) is 79.1 cm³/mol. The minimum absolute atomic E-state index is 0.858. The molecule has 18 heavy (non-hydrogen) atoms. The van der Waals surface area contributed by atoms with Gasteiger partial charge in [0.1, 0.15) is 0 Å². The van der Waals surface area contributed by atoms with E-state index in [2.05, 4.69) is 40.3 Å². The molecule has 0 atom stereocenters. The van der Waals surface area contributed by atoms with E-state index in [-0.39, 0.29) is 0 Å². The summed E-state index contributed by atoms with van der Waals surface area (Å²) in [4.78, 5) is 0. The summed E-state index contributed by atoms with van der Waals surface area (Å²) in [6.07, 6.45) is 2.63. The first-order valence-corrected chi connectivity index (χ1v) is 7.68. The van der Waals surface area contributed by atoms with Crippen molar-refractivity contribution in [2.24, 2.45) is 5.92 Å². The Labute approximate surface area is 112 Å². The van der Waals surface area contributed by atoms with Crippen LogP contribution < -0.4 is 10.6 Å². The highest BCUT2D eigenvalue weighted by atomic mass is 32.1. The van der Waals surface area contributed by atoms with Gasteiger partial charge >= 0.3 is 0 Å². The molecule has 1 aliphatic rings. The normalized spacial score (nSPS) is 17.3. The fourth-order valence-electron chi connectivity index (χ4n) is 2.67. The second kappa shape index (κ2) is 5.83. The molecule has 1 aliphatic heterocycles. The molecule has 0 amide bonds. The molecule has 0 radical (unpaired) electrons. The summed E-state index contributed by atoms with van der Waals surface area (Å²) >= 11 is 1.85. The Bertz CT molecular complexity index is 500. The maximum Gasteiger partial charge on any atom is 0.0346 e. The van der Waals surface area contributed by atoms with E-state index in [9.17, 15) is 0 Å².